The number of hydrogen-bond acceptors (Lipinski definition) is 1. The van der Waals surface area contributed by atoms with Gasteiger partial charge in [0.2, 0.25) is 0 Å². The molecule has 2 fully saturated rings. The standard InChI is InChI=1S/C13H25N/c1-11(2)14-9-13(10-14)7-4-5-12(3)6-8-13/h11-12H,4-10H2,1-3H3. The van der Waals surface area contributed by atoms with Crippen molar-refractivity contribution in [1.82, 2.24) is 4.90 Å². The van der Waals surface area contributed by atoms with Crippen molar-refractivity contribution in [3.63, 3.8) is 0 Å². The molecule has 1 atom stereocenters. The van der Waals surface area contributed by atoms with Gasteiger partial charge in [-0.15, -0.1) is 0 Å². The maximum atomic E-state index is 2.63. The number of hydrogen-bond donors (Lipinski definition) is 0. The van der Waals surface area contributed by atoms with Gasteiger partial charge in [0.15, 0.2) is 0 Å². The van der Waals surface area contributed by atoms with Gasteiger partial charge < -0.3 is 0 Å². The van der Waals surface area contributed by atoms with Crippen molar-refractivity contribution in [3.8, 4) is 0 Å². The minimum Gasteiger partial charge on any atom is -0.300 e. The molecule has 0 aromatic rings. The molecule has 0 aromatic heterocycles. The lowest BCUT2D eigenvalue weighted by Gasteiger charge is -2.52. The van der Waals surface area contributed by atoms with Gasteiger partial charge in [-0.05, 0) is 38.0 Å². The van der Waals surface area contributed by atoms with Gasteiger partial charge in [0.1, 0.15) is 0 Å². The van der Waals surface area contributed by atoms with Gasteiger partial charge in [0, 0.05) is 19.1 Å². The molecular formula is C13H25N. The zero-order valence-corrected chi connectivity index (χ0v) is 10.1. The van der Waals surface area contributed by atoms with Crippen LogP contribution in [0, 0.1) is 11.3 Å². The minimum atomic E-state index is 0.745. The first-order valence-corrected chi connectivity index (χ1v) is 6.35. The normalized spacial score (nSPS) is 33.0. The molecule has 2 aliphatic rings. The molecular weight excluding hydrogens is 170 g/mol. The monoisotopic (exact) mass is 195 g/mol. The molecule has 2 rings (SSSR count). The Balaban J connectivity index is 1.87. The van der Waals surface area contributed by atoms with Crippen LogP contribution in [-0.4, -0.2) is 24.0 Å². The molecule has 1 spiro atoms. The van der Waals surface area contributed by atoms with Crippen molar-refractivity contribution in [3.05, 3.63) is 0 Å². The van der Waals surface area contributed by atoms with Crippen molar-refractivity contribution < 1.29 is 0 Å². The number of likely N-dealkylation sites (tertiary alicyclic amines) is 1. The van der Waals surface area contributed by atoms with E-state index in [-0.39, 0.29) is 0 Å². The van der Waals surface area contributed by atoms with Crippen LogP contribution in [-0.2, 0) is 0 Å². The summed E-state index contributed by atoms with van der Waals surface area (Å²) in [5, 5.41) is 0. The predicted octanol–water partition coefficient (Wildman–Crippen LogP) is 3.30. The van der Waals surface area contributed by atoms with Gasteiger partial charge in [-0.1, -0.05) is 26.2 Å². The summed E-state index contributed by atoms with van der Waals surface area (Å²) in [6.45, 7) is 9.85. The van der Waals surface area contributed by atoms with Gasteiger partial charge in [-0.25, -0.2) is 0 Å². The Morgan fingerprint density at radius 2 is 1.86 bits per heavy atom. The first kappa shape index (κ1) is 10.5. The van der Waals surface area contributed by atoms with Crippen LogP contribution in [0.3, 0.4) is 0 Å². The summed E-state index contributed by atoms with van der Waals surface area (Å²) in [5.41, 5.74) is 0.745. The molecule has 1 aliphatic carbocycles. The summed E-state index contributed by atoms with van der Waals surface area (Å²) < 4.78 is 0. The molecule has 14 heavy (non-hydrogen) atoms. The van der Waals surface area contributed by atoms with Crippen LogP contribution in [0.25, 0.3) is 0 Å². The molecule has 0 radical (unpaired) electrons. The zero-order chi connectivity index (χ0) is 10.2. The lowest BCUT2D eigenvalue weighted by atomic mass is 9.73. The Morgan fingerprint density at radius 3 is 2.50 bits per heavy atom. The largest absolute Gasteiger partial charge is 0.300 e. The molecule has 0 aromatic carbocycles. The van der Waals surface area contributed by atoms with Crippen LogP contribution >= 0.6 is 0 Å². The highest BCUT2D eigenvalue weighted by Crippen LogP contribution is 2.44. The third kappa shape index (κ3) is 1.98. The van der Waals surface area contributed by atoms with E-state index < -0.39 is 0 Å². The van der Waals surface area contributed by atoms with Crippen molar-refractivity contribution in [2.45, 2.75) is 58.9 Å². The molecule has 1 unspecified atom stereocenters. The van der Waals surface area contributed by atoms with Crippen molar-refractivity contribution >= 4 is 0 Å². The van der Waals surface area contributed by atoms with Crippen LogP contribution in [0.5, 0.6) is 0 Å². The Bertz CT molecular complexity index is 191. The van der Waals surface area contributed by atoms with Crippen molar-refractivity contribution in [2.75, 3.05) is 13.1 Å². The van der Waals surface area contributed by atoms with Crippen LogP contribution in [0.15, 0.2) is 0 Å². The molecule has 0 bridgehead atoms. The Labute approximate surface area is 88.9 Å². The fourth-order valence-electron chi connectivity index (χ4n) is 3.14. The molecule has 1 heterocycles. The summed E-state index contributed by atoms with van der Waals surface area (Å²) in [5.74, 6) is 0.988. The van der Waals surface area contributed by atoms with E-state index in [1.165, 1.54) is 45.2 Å². The quantitative estimate of drug-likeness (QED) is 0.620. The molecule has 1 nitrogen and oxygen atoms in total. The van der Waals surface area contributed by atoms with E-state index in [9.17, 15) is 0 Å². The summed E-state index contributed by atoms with van der Waals surface area (Å²) in [4.78, 5) is 2.63. The lowest BCUT2D eigenvalue weighted by Crippen LogP contribution is -2.58. The van der Waals surface area contributed by atoms with E-state index in [4.69, 9.17) is 0 Å². The summed E-state index contributed by atoms with van der Waals surface area (Å²) in [6, 6.07) is 0.765. The van der Waals surface area contributed by atoms with Gasteiger partial charge in [0.25, 0.3) is 0 Å². The Hall–Kier alpha value is -0.0400. The van der Waals surface area contributed by atoms with Gasteiger partial charge >= 0.3 is 0 Å². The maximum absolute atomic E-state index is 2.63. The predicted molar refractivity (Wildman–Crippen MR) is 61.4 cm³/mol. The Morgan fingerprint density at radius 1 is 1.14 bits per heavy atom. The van der Waals surface area contributed by atoms with Crippen LogP contribution in [0.1, 0.15) is 52.9 Å². The third-order valence-electron chi connectivity index (χ3n) is 4.38. The first-order chi connectivity index (χ1) is 6.61. The molecule has 1 saturated carbocycles. The minimum absolute atomic E-state index is 0.745. The molecule has 1 heteroatoms. The molecule has 0 N–H and O–H groups in total. The van der Waals surface area contributed by atoms with Gasteiger partial charge in [-0.3, -0.25) is 4.90 Å². The van der Waals surface area contributed by atoms with Crippen LogP contribution in [0.2, 0.25) is 0 Å². The number of nitrogens with zero attached hydrogens (tertiary/aromatic N) is 1. The second-order valence-electron chi connectivity index (χ2n) is 6.03. The highest BCUT2D eigenvalue weighted by Gasteiger charge is 2.43. The molecule has 1 saturated heterocycles. The van der Waals surface area contributed by atoms with E-state index in [1.54, 1.807) is 0 Å². The van der Waals surface area contributed by atoms with Gasteiger partial charge in [-0.2, -0.15) is 0 Å². The van der Waals surface area contributed by atoms with Gasteiger partial charge in [0.05, 0.1) is 0 Å². The third-order valence-corrected chi connectivity index (χ3v) is 4.38. The maximum Gasteiger partial charge on any atom is 0.00532 e. The molecule has 1 aliphatic heterocycles. The van der Waals surface area contributed by atoms with E-state index in [2.05, 4.69) is 25.7 Å². The second-order valence-corrected chi connectivity index (χ2v) is 6.03. The van der Waals surface area contributed by atoms with E-state index in [0.717, 1.165) is 17.4 Å². The fourth-order valence-corrected chi connectivity index (χ4v) is 3.14. The average molecular weight is 195 g/mol. The molecule has 0 amide bonds. The van der Waals surface area contributed by atoms with Crippen LogP contribution in [0.4, 0.5) is 0 Å². The second kappa shape index (κ2) is 3.84. The van der Waals surface area contributed by atoms with Crippen LogP contribution < -0.4 is 0 Å². The topological polar surface area (TPSA) is 3.24 Å². The highest BCUT2D eigenvalue weighted by molar-refractivity contribution is 4.97. The average Bonchev–Trinajstić information content (AvgIpc) is 2.24. The van der Waals surface area contributed by atoms with E-state index >= 15 is 0 Å². The SMILES string of the molecule is CC1CCCC2(CC1)CN(C(C)C)C2. The highest BCUT2D eigenvalue weighted by atomic mass is 15.2. The Kier molecular flexibility index (Phi) is 2.88. The summed E-state index contributed by atoms with van der Waals surface area (Å²) in [6.07, 6.45) is 7.43. The lowest BCUT2D eigenvalue weighted by molar-refractivity contribution is -0.0329. The molecule has 82 valence electrons. The van der Waals surface area contributed by atoms with Crippen molar-refractivity contribution in [1.29, 1.82) is 0 Å². The summed E-state index contributed by atoms with van der Waals surface area (Å²) in [7, 11) is 0. The van der Waals surface area contributed by atoms with E-state index in [0.29, 0.717) is 0 Å². The first-order valence-electron chi connectivity index (χ1n) is 6.35. The smallest absolute Gasteiger partial charge is 0.00532 e. The number of rotatable bonds is 1. The fraction of sp³-hybridized carbons (Fsp3) is 1.00. The summed E-state index contributed by atoms with van der Waals surface area (Å²) >= 11 is 0. The van der Waals surface area contributed by atoms with E-state index in [1.807, 2.05) is 0 Å². The zero-order valence-electron chi connectivity index (χ0n) is 10.1. The van der Waals surface area contributed by atoms with Crippen molar-refractivity contribution in [2.24, 2.45) is 11.3 Å².